The van der Waals surface area contributed by atoms with E-state index in [0.29, 0.717) is 22.4 Å². The Labute approximate surface area is 168 Å². The number of aromatic nitrogens is 1. The number of nitrogens with zero attached hydrogens (tertiary/aromatic N) is 2. The van der Waals surface area contributed by atoms with Crippen LogP contribution >= 0.6 is 22.9 Å². The molecule has 0 bridgehead atoms. The Kier molecular flexibility index (Phi) is 6.45. The van der Waals surface area contributed by atoms with Gasteiger partial charge in [-0.15, -0.1) is 11.3 Å². The van der Waals surface area contributed by atoms with E-state index in [-0.39, 0.29) is 6.03 Å². The van der Waals surface area contributed by atoms with Gasteiger partial charge in [-0.05, 0) is 37.2 Å². The van der Waals surface area contributed by atoms with Gasteiger partial charge in [0.15, 0.2) is 5.13 Å². The predicted molar refractivity (Wildman–Crippen MR) is 113 cm³/mol. The highest BCUT2D eigenvalue weighted by molar-refractivity contribution is 7.13. The van der Waals surface area contributed by atoms with Crippen LogP contribution in [0, 0.1) is 6.92 Å². The predicted octanol–water partition coefficient (Wildman–Crippen LogP) is 5.38. The topological polar surface area (TPSA) is 57.3 Å². The van der Waals surface area contributed by atoms with E-state index in [1.54, 1.807) is 6.07 Å². The number of carbonyl (C=O) groups is 1. The average molecular weight is 401 g/mol. The Balaban J connectivity index is 1.52. The van der Waals surface area contributed by atoms with Crippen LogP contribution in [0.1, 0.15) is 16.8 Å². The van der Waals surface area contributed by atoms with Gasteiger partial charge >= 0.3 is 6.03 Å². The fourth-order valence-electron chi connectivity index (χ4n) is 2.59. The zero-order valence-electron chi connectivity index (χ0n) is 15.2. The number of aryl methyl sites for hydroxylation is 1. The molecule has 1 aromatic heterocycles. The summed E-state index contributed by atoms with van der Waals surface area (Å²) in [5.41, 5.74) is 3.78. The molecule has 0 fully saturated rings. The lowest BCUT2D eigenvalue weighted by molar-refractivity contribution is 0.262. The van der Waals surface area contributed by atoms with E-state index in [1.807, 2.05) is 49.7 Å². The van der Waals surface area contributed by atoms with Crippen molar-refractivity contribution in [1.82, 2.24) is 9.88 Å². The van der Waals surface area contributed by atoms with Crippen LogP contribution in [-0.4, -0.2) is 23.0 Å². The summed E-state index contributed by atoms with van der Waals surface area (Å²) in [6, 6.07) is 15.3. The Bertz CT molecular complexity index is 913. The first-order valence-electron chi connectivity index (χ1n) is 8.50. The van der Waals surface area contributed by atoms with Crippen molar-refractivity contribution in [2.75, 3.05) is 17.7 Å². The third-order valence-electron chi connectivity index (χ3n) is 3.93. The van der Waals surface area contributed by atoms with Crippen molar-refractivity contribution < 1.29 is 4.79 Å². The van der Waals surface area contributed by atoms with E-state index >= 15 is 0 Å². The molecule has 2 N–H and O–H groups in total. The van der Waals surface area contributed by atoms with Gasteiger partial charge in [-0.2, -0.15) is 0 Å². The highest BCUT2D eigenvalue weighted by atomic mass is 35.5. The van der Waals surface area contributed by atoms with Gasteiger partial charge < -0.3 is 5.32 Å². The van der Waals surface area contributed by atoms with E-state index < -0.39 is 0 Å². The molecule has 5 nitrogen and oxygen atoms in total. The molecule has 7 heteroatoms. The molecule has 0 radical (unpaired) electrons. The van der Waals surface area contributed by atoms with Crippen molar-refractivity contribution >= 4 is 39.8 Å². The number of hydrogen-bond donors (Lipinski definition) is 2. The maximum Gasteiger partial charge on any atom is 0.325 e. The van der Waals surface area contributed by atoms with E-state index in [2.05, 4.69) is 32.7 Å². The highest BCUT2D eigenvalue weighted by Gasteiger charge is 2.09. The van der Waals surface area contributed by atoms with Crippen LogP contribution in [0.5, 0.6) is 0 Å². The SMILES string of the molecule is Cc1ccc(NC(=O)Nc2nc(CN(C)Cc3ccccc3)cs2)cc1Cl. The maximum atomic E-state index is 12.1. The number of urea groups is 1. The van der Waals surface area contributed by atoms with Crippen LogP contribution in [-0.2, 0) is 13.1 Å². The first kappa shape index (κ1) is 19.4. The summed E-state index contributed by atoms with van der Waals surface area (Å²) >= 11 is 7.49. The number of benzene rings is 2. The summed E-state index contributed by atoms with van der Waals surface area (Å²) in [4.78, 5) is 18.8. The van der Waals surface area contributed by atoms with Gasteiger partial charge in [0.1, 0.15) is 0 Å². The second-order valence-corrected chi connectivity index (χ2v) is 7.61. The van der Waals surface area contributed by atoms with Gasteiger partial charge in [0.25, 0.3) is 0 Å². The second kappa shape index (κ2) is 8.99. The van der Waals surface area contributed by atoms with Gasteiger partial charge in [-0.25, -0.2) is 9.78 Å². The Hall–Kier alpha value is -2.41. The summed E-state index contributed by atoms with van der Waals surface area (Å²) in [6.07, 6.45) is 0. The molecular weight excluding hydrogens is 380 g/mol. The number of carbonyl (C=O) groups excluding carboxylic acids is 1. The molecule has 0 unspecified atom stereocenters. The summed E-state index contributed by atoms with van der Waals surface area (Å²) < 4.78 is 0. The number of thiazole rings is 1. The number of hydrogen-bond acceptors (Lipinski definition) is 4. The van der Waals surface area contributed by atoms with Crippen LogP contribution in [0.15, 0.2) is 53.9 Å². The van der Waals surface area contributed by atoms with Crippen molar-refractivity contribution in [3.8, 4) is 0 Å². The Morgan fingerprint density at radius 3 is 2.67 bits per heavy atom. The molecule has 0 saturated heterocycles. The van der Waals surface area contributed by atoms with Crippen molar-refractivity contribution in [3.05, 3.63) is 75.8 Å². The van der Waals surface area contributed by atoms with Crippen molar-refractivity contribution in [3.63, 3.8) is 0 Å². The molecule has 0 atom stereocenters. The zero-order valence-corrected chi connectivity index (χ0v) is 16.8. The minimum atomic E-state index is -0.339. The maximum absolute atomic E-state index is 12.1. The van der Waals surface area contributed by atoms with Crippen molar-refractivity contribution in [1.29, 1.82) is 0 Å². The standard InChI is InChI=1S/C20H21ClN4OS/c1-14-8-9-16(10-18(14)21)22-19(26)24-20-23-17(13-27-20)12-25(2)11-15-6-4-3-5-7-15/h3-10,13H,11-12H2,1-2H3,(H2,22,23,24,26). The quantitative estimate of drug-likeness (QED) is 0.583. The monoisotopic (exact) mass is 400 g/mol. The molecule has 0 aliphatic rings. The molecule has 2 amide bonds. The highest BCUT2D eigenvalue weighted by Crippen LogP contribution is 2.21. The van der Waals surface area contributed by atoms with Crippen molar-refractivity contribution in [2.24, 2.45) is 0 Å². The minimum Gasteiger partial charge on any atom is -0.308 e. The van der Waals surface area contributed by atoms with Crippen LogP contribution in [0.4, 0.5) is 15.6 Å². The van der Waals surface area contributed by atoms with Gasteiger partial charge in [0.2, 0.25) is 0 Å². The van der Waals surface area contributed by atoms with Crippen LogP contribution in [0.2, 0.25) is 5.02 Å². The summed E-state index contributed by atoms with van der Waals surface area (Å²) in [6.45, 7) is 3.47. The van der Waals surface area contributed by atoms with E-state index in [0.717, 1.165) is 17.8 Å². The Morgan fingerprint density at radius 1 is 1.15 bits per heavy atom. The zero-order chi connectivity index (χ0) is 19.2. The fraction of sp³-hybridized carbons (Fsp3) is 0.200. The molecule has 27 heavy (non-hydrogen) atoms. The van der Waals surface area contributed by atoms with E-state index in [4.69, 9.17) is 11.6 Å². The van der Waals surface area contributed by atoms with Gasteiger partial charge in [0.05, 0.1) is 5.69 Å². The lowest BCUT2D eigenvalue weighted by Crippen LogP contribution is -2.20. The molecule has 3 aromatic rings. The molecule has 2 aromatic carbocycles. The molecule has 0 spiro atoms. The van der Waals surface area contributed by atoms with Gasteiger partial charge in [0, 0.05) is 29.2 Å². The average Bonchev–Trinajstić information content (AvgIpc) is 3.05. The molecule has 1 heterocycles. The fourth-order valence-corrected chi connectivity index (χ4v) is 3.47. The Morgan fingerprint density at radius 2 is 1.93 bits per heavy atom. The van der Waals surface area contributed by atoms with Crippen molar-refractivity contribution in [2.45, 2.75) is 20.0 Å². The third-order valence-corrected chi connectivity index (χ3v) is 5.14. The first-order chi connectivity index (χ1) is 13.0. The first-order valence-corrected chi connectivity index (χ1v) is 9.76. The van der Waals surface area contributed by atoms with Gasteiger partial charge in [-0.1, -0.05) is 48.0 Å². The summed E-state index contributed by atoms with van der Waals surface area (Å²) in [5, 5.41) is 8.66. The summed E-state index contributed by atoms with van der Waals surface area (Å²) in [5.74, 6) is 0. The number of rotatable bonds is 6. The number of amides is 2. The molecular formula is C20H21ClN4OS. The number of anilines is 2. The smallest absolute Gasteiger partial charge is 0.308 e. The van der Waals surface area contributed by atoms with Gasteiger partial charge in [-0.3, -0.25) is 10.2 Å². The molecule has 0 aliphatic carbocycles. The van der Waals surface area contributed by atoms with Crippen LogP contribution < -0.4 is 10.6 Å². The summed E-state index contributed by atoms with van der Waals surface area (Å²) in [7, 11) is 2.05. The van der Waals surface area contributed by atoms with Crippen LogP contribution in [0.25, 0.3) is 0 Å². The normalized spacial score (nSPS) is 10.8. The largest absolute Gasteiger partial charge is 0.325 e. The second-order valence-electron chi connectivity index (χ2n) is 6.34. The molecule has 140 valence electrons. The molecule has 0 aliphatic heterocycles. The molecule has 3 rings (SSSR count). The molecule has 0 saturated carbocycles. The lowest BCUT2D eigenvalue weighted by Gasteiger charge is -2.15. The van der Waals surface area contributed by atoms with Crippen LogP contribution in [0.3, 0.4) is 0 Å². The minimum absolute atomic E-state index is 0.339. The van der Waals surface area contributed by atoms with E-state index in [1.165, 1.54) is 16.9 Å². The number of nitrogens with one attached hydrogen (secondary N) is 2. The number of halogens is 1. The van der Waals surface area contributed by atoms with E-state index in [9.17, 15) is 4.79 Å². The lowest BCUT2D eigenvalue weighted by atomic mass is 10.2. The third kappa shape index (κ3) is 5.79.